The number of carbonyl (C=O) groups is 2. The molecule has 0 N–H and O–H groups in total. The quantitative estimate of drug-likeness (QED) is 0.0791. The molecule has 21 saturated heterocycles. The van der Waals surface area contributed by atoms with Gasteiger partial charge in [-0.05, 0) is 0 Å². The van der Waals surface area contributed by atoms with Gasteiger partial charge >= 0.3 is 11.9 Å². The highest BCUT2D eigenvalue weighted by molar-refractivity contribution is 5.66. The maximum atomic E-state index is 13.5. The molecule has 0 saturated carbocycles. The second kappa shape index (κ2) is 41.4. The molecule has 0 aromatic heterocycles. The molecule has 21 rings (SSSR count). The largest absolute Gasteiger partial charge is 0.457 e. The Labute approximate surface area is 595 Å². The van der Waals surface area contributed by atoms with Crippen LogP contribution < -0.4 is 0 Å². The average Bonchev–Trinajstić information content (AvgIpc) is 0.769. The van der Waals surface area contributed by atoms with Crippen LogP contribution in [-0.2, 0) is 175 Å². The lowest BCUT2D eigenvalue weighted by Gasteiger charge is -2.52. The lowest BCUT2D eigenvalue weighted by Crippen LogP contribution is -2.69. The number of rotatable bonds is 28. The molecule has 0 radical (unpaired) electrons. The molecule has 102 heavy (non-hydrogen) atoms. The minimum absolute atomic E-state index is 0.0650. The molecule has 594 valence electrons. The molecule has 37 heteroatoms. The molecule has 21 fully saturated rings. The highest BCUT2D eigenvalue weighted by Crippen LogP contribution is 2.43. The smallest absolute Gasteiger partial charge is 0.303 e. The summed E-state index contributed by atoms with van der Waals surface area (Å²) in [5.74, 6) is -1.52. The fourth-order valence-corrected chi connectivity index (χ4v) is 15.0. The van der Waals surface area contributed by atoms with Crippen molar-refractivity contribution in [3.63, 3.8) is 0 Å². The van der Waals surface area contributed by atoms with Crippen molar-refractivity contribution in [3.05, 3.63) is 0 Å². The van der Waals surface area contributed by atoms with Crippen LogP contribution in [0.3, 0.4) is 0 Å². The van der Waals surface area contributed by atoms with E-state index in [0.29, 0.717) is 0 Å². The van der Waals surface area contributed by atoms with Gasteiger partial charge in [0.1, 0.15) is 159 Å². The van der Waals surface area contributed by atoms with E-state index in [2.05, 4.69) is 0 Å². The molecule has 21 aliphatic rings. The van der Waals surface area contributed by atoms with Gasteiger partial charge < -0.3 is 166 Å². The zero-order valence-corrected chi connectivity index (χ0v) is 62.3. The van der Waals surface area contributed by atoms with E-state index >= 15 is 0 Å². The SMILES string of the molecule is COCC1OC2OC3C(COC)OC(OC4C(COC)OC(OC5C(COC)OC(OC6C(COC)OC(OC7C(COC)OC(OC8C(COC)OC(OC1C(OC)C2OC)C(OC)C8OC)C(OC)C7OC)C(OC)C6OC(C)=O)C(OC(C)=O)C5OC)C(OC)C4OC)C(OC)C3OC. The van der Waals surface area contributed by atoms with Crippen LogP contribution in [0, 0.1) is 0 Å². The van der Waals surface area contributed by atoms with Gasteiger partial charge in [0.2, 0.25) is 0 Å². The molecule has 35 unspecified atom stereocenters. The first-order valence-electron chi connectivity index (χ1n) is 33.7. The molecule has 0 aromatic rings. The van der Waals surface area contributed by atoms with Crippen molar-refractivity contribution in [3.8, 4) is 0 Å². The predicted octanol–water partition coefficient (Wildman–Crippen LogP) is -1.66. The summed E-state index contributed by atoms with van der Waals surface area (Å²) in [5, 5.41) is 0. The summed E-state index contributed by atoms with van der Waals surface area (Å²) in [5.41, 5.74) is 0. The Kier molecular flexibility index (Phi) is 34.6. The van der Waals surface area contributed by atoms with Gasteiger partial charge in [0.25, 0.3) is 0 Å². The first-order chi connectivity index (χ1) is 49.4. The van der Waals surface area contributed by atoms with Gasteiger partial charge in [0, 0.05) is 149 Å². The van der Waals surface area contributed by atoms with Crippen molar-refractivity contribution in [1.29, 1.82) is 0 Å². The first-order valence-corrected chi connectivity index (χ1v) is 33.7. The first kappa shape index (κ1) is 85.2. The molecule has 0 spiro atoms. The van der Waals surface area contributed by atoms with Crippen LogP contribution in [0.15, 0.2) is 0 Å². The Balaban J connectivity index is 1.26. The Morgan fingerprint density at radius 3 is 0.490 bits per heavy atom. The van der Waals surface area contributed by atoms with Crippen molar-refractivity contribution in [2.45, 2.75) is 229 Å². The van der Waals surface area contributed by atoms with E-state index in [1.54, 1.807) is 0 Å². The average molecular weight is 1490 g/mol. The maximum absolute atomic E-state index is 13.5. The van der Waals surface area contributed by atoms with Crippen LogP contribution in [0.5, 0.6) is 0 Å². The third kappa shape index (κ3) is 19.1. The summed E-state index contributed by atoms with van der Waals surface area (Å²) < 4.78 is 225. The van der Waals surface area contributed by atoms with Crippen LogP contribution in [-0.4, -0.2) is 408 Å². The van der Waals surface area contributed by atoms with Crippen molar-refractivity contribution >= 4 is 11.9 Å². The fraction of sp³-hybridized carbons (Fsp3) is 0.969. The lowest BCUT2D eigenvalue weighted by atomic mass is 9.94. The molecule has 0 aromatic carbocycles. The van der Waals surface area contributed by atoms with Gasteiger partial charge in [0.05, 0.1) is 46.2 Å². The van der Waals surface area contributed by atoms with E-state index in [1.165, 1.54) is 149 Å². The predicted molar refractivity (Wildman–Crippen MR) is 339 cm³/mol. The van der Waals surface area contributed by atoms with Crippen molar-refractivity contribution < 1.29 is 175 Å². The minimum atomic E-state index is -1.57. The summed E-state index contributed by atoms with van der Waals surface area (Å²) in [6, 6.07) is 0. The lowest BCUT2D eigenvalue weighted by molar-refractivity contribution is -0.402. The fourth-order valence-electron chi connectivity index (χ4n) is 15.0. The van der Waals surface area contributed by atoms with E-state index in [4.69, 9.17) is 166 Å². The van der Waals surface area contributed by atoms with Crippen LogP contribution in [0.2, 0.25) is 0 Å². The molecule has 35 atom stereocenters. The van der Waals surface area contributed by atoms with E-state index in [-0.39, 0.29) is 46.2 Å². The molecular formula is C65H112O37. The normalized spacial score (nSPS) is 44.6. The van der Waals surface area contributed by atoms with Gasteiger partial charge in [-0.15, -0.1) is 0 Å². The summed E-state index contributed by atoms with van der Waals surface area (Å²) in [6.07, 6.45) is -40.7. The molecule has 0 aliphatic carbocycles. The number of ether oxygens (including phenoxy) is 35. The topological polar surface area (TPSA) is 357 Å². The Hall–Kier alpha value is -2.38. The molecule has 21 heterocycles. The number of carbonyl (C=O) groups excluding carboxylic acids is 2. The summed E-state index contributed by atoms with van der Waals surface area (Å²) >= 11 is 0. The van der Waals surface area contributed by atoms with Gasteiger partial charge in [-0.2, -0.15) is 0 Å². The van der Waals surface area contributed by atoms with Crippen LogP contribution in [0.25, 0.3) is 0 Å². The van der Waals surface area contributed by atoms with Gasteiger partial charge in [0.15, 0.2) is 56.2 Å². The molecule has 0 amide bonds. The number of hydrogen-bond acceptors (Lipinski definition) is 37. The zero-order chi connectivity index (χ0) is 74.1. The van der Waals surface area contributed by atoms with Gasteiger partial charge in [-0.3, -0.25) is 9.59 Å². The minimum Gasteiger partial charge on any atom is -0.457 e. The number of esters is 2. The van der Waals surface area contributed by atoms with Crippen molar-refractivity contribution in [1.82, 2.24) is 0 Å². The Bertz CT molecular complexity index is 2410. The maximum Gasteiger partial charge on any atom is 0.303 e. The molecule has 14 bridgehead atoms. The van der Waals surface area contributed by atoms with Crippen LogP contribution in [0.4, 0.5) is 0 Å². The molecular weight excluding hydrogens is 1370 g/mol. The number of methoxy groups -OCH3 is 19. The van der Waals surface area contributed by atoms with E-state index < -0.39 is 227 Å². The van der Waals surface area contributed by atoms with E-state index in [9.17, 15) is 9.59 Å². The Morgan fingerprint density at radius 1 is 0.196 bits per heavy atom. The van der Waals surface area contributed by atoms with Crippen LogP contribution >= 0.6 is 0 Å². The van der Waals surface area contributed by atoms with E-state index in [0.717, 1.165) is 0 Å². The highest BCUT2D eigenvalue weighted by Gasteiger charge is 2.63. The molecule has 37 nitrogen and oxygen atoms in total. The summed E-state index contributed by atoms with van der Waals surface area (Å²) in [7, 11) is 27.7. The monoisotopic (exact) mass is 1480 g/mol. The third-order valence-corrected chi connectivity index (χ3v) is 19.4. The van der Waals surface area contributed by atoms with Gasteiger partial charge in [-0.1, -0.05) is 0 Å². The second-order valence-electron chi connectivity index (χ2n) is 25.2. The summed E-state index contributed by atoms with van der Waals surface area (Å²) in [6.45, 7) is 1.55. The standard InChI is InChI=1S/C65H112O37/c1-29(66)87-51-44-37(28-74-9)94-64(57(51)86-21)100-42-35(26-72-7)92-62(55(84-19)49(42)79-14)98-40-33(24-70-5)90-60(53(82-17)47(40)77-12)96-38-31(22-68-3)89-59(52(81-16)45(38)75-10)97-39-32(23-69-4)91-61(54(83-18)46(39)76-11)99-41-34(25-71-6)93-63(56(85-20)48(41)78-13)101-43-36(27-73-8)95-65(102-44)58(50(43)80-15)88-30(2)67/h31-65H,22-28H2,1-21H3. The molecule has 21 aliphatic heterocycles. The van der Waals surface area contributed by atoms with Gasteiger partial charge in [-0.25, -0.2) is 0 Å². The third-order valence-electron chi connectivity index (χ3n) is 19.4. The summed E-state index contributed by atoms with van der Waals surface area (Å²) in [4.78, 5) is 26.9. The Morgan fingerprint density at radius 2 is 0.333 bits per heavy atom. The number of hydrogen-bond donors (Lipinski definition) is 0. The highest BCUT2D eigenvalue weighted by atomic mass is 16.8. The van der Waals surface area contributed by atoms with E-state index in [1.807, 2.05) is 0 Å². The second-order valence-corrected chi connectivity index (χ2v) is 25.2. The van der Waals surface area contributed by atoms with Crippen molar-refractivity contribution in [2.75, 3.05) is 181 Å². The van der Waals surface area contributed by atoms with Crippen molar-refractivity contribution in [2.24, 2.45) is 0 Å². The van der Waals surface area contributed by atoms with Crippen LogP contribution in [0.1, 0.15) is 13.8 Å². The zero-order valence-electron chi connectivity index (χ0n) is 62.3.